The lowest BCUT2D eigenvalue weighted by Crippen LogP contribution is -2.34. The molecule has 3 amide bonds. The minimum Gasteiger partial charge on any atom is -0.331 e. The first-order valence-corrected chi connectivity index (χ1v) is 10.7. The molecule has 0 unspecified atom stereocenters. The third-order valence-electron chi connectivity index (χ3n) is 4.89. The third kappa shape index (κ3) is 4.34. The Morgan fingerprint density at radius 1 is 0.941 bits per heavy atom. The topological polar surface area (TPSA) is 122 Å². The van der Waals surface area contributed by atoms with E-state index < -0.39 is 22.6 Å². The molecule has 1 heterocycles. The largest absolute Gasteiger partial charge is 0.331 e. The number of thiocarbonyl (C=S) groups is 1. The molecule has 3 aromatic rings. The number of halogens is 2. The van der Waals surface area contributed by atoms with Crippen molar-refractivity contribution >= 4 is 75.3 Å². The van der Waals surface area contributed by atoms with Crippen molar-refractivity contribution in [2.75, 3.05) is 10.2 Å². The number of non-ortho nitro benzene ring substituents is 1. The standard InChI is InChI=1S/C22H12Cl2N4O5S/c23-16-10-12(28(32)33)5-7-15(16)19(29)26-22(34)25-18-8-6-11(9-17(18)24)27-20(30)13-3-1-2-4-14(13)21(27)31/h1-10H,(H2,25,26,29,34). The van der Waals surface area contributed by atoms with E-state index in [1.165, 1.54) is 24.3 Å². The van der Waals surface area contributed by atoms with Crippen LogP contribution in [0.15, 0.2) is 60.7 Å². The van der Waals surface area contributed by atoms with Crippen LogP contribution in [0.3, 0.4) is 0 Å². The highest BCUT2D eigenvalue weighted by atomic mass is 35.5. The molecule has 3 aromatic carbocycles. The molecule has 170 valence electrons. The number of hydrogen-bond acceptors (Lipinski definition) is 6. The van der Waals surface area contributed by atoms with Gasteiger partial charge in [-0.3, -0.25) is 29.8 Å². The van der Waals surface area contributed by atoms with Crippen molar-refractivity contribution in [1.29, 1.82) is 0 Å². The summed E-state index contributed by atoms with van der Waals surface area (Å²) in [5.41, 5.74) is 0.923. The van der Waals surface area contributed by atoms with Crippen LogP contribution in [-0.2, 0) is 0 Å². The Morgan fingerprint density at radius 3 is 2.15 bits per heavy atom. The van der Waals surface area contributed by atoms with Gasteiger partial charge in [-0.2, -0.15) is 0 Å². The first kappa shape index (κ1) is 23.3. The van der Waals surface area contributed by atoms with E-state index in [2.05, 4.69) is 10.6 Å². The fourth-order valence-electron chi connectivity index (χ4n) is 3.29. The zero-order valence-electron chi connectivity index (χ0n) is 16.9. The number of carbonyl (C=O) groups is 3. The van der Waals surface area contributed by atoms with Gasteiger partial charge in [-0.25, -0.2) is 4.90 Å². The van der Waals surface area contributed by atoms with Crippen molar-refractivity contribution < 1.29 is 19.3 Å². The zero-order chi connectivity index (χ0) is 24.6. The lowest BCUT2D eigenvalue weighted by Gasteiger charge is -2.16. The average Bonchev–Trinajstić information content (AvgIpc) is 3.05. The number of carbonyl (C=O) groups excluding carboxylic acids is 3. The molecule has 0 aromatic heterocycles. The predicted octanol–water partition coefficient (Wildman–Crippen LogP) is 4.83. The molecule has 1 aliphatic heterocycles. The van der Waals surface area contributed by atoms with Gasteiger partial charge >= 0.3 is 0 Å². The monoisotopic (exact) mass is 514 g/mol. The summed E-state index contributed by atoms with van der Waals surface area (Å²) < 4.78 is 0. The van der Waals surface area contributed by atoms with Crippen LogP contribution in [0.4, 0.5) is 17.1 Å². The van der Waals surface area contributed by atoms with Gasteiger partial charge in [-0.05, 0) is 48.6 Å². The second-order valence-electron chi connectivity index (χ2n) is 6.98. The summed E-state index contributed by atoms with van der Waals surface area (Å²) >= 11 is 17.4. The number of rotatable bonds is 4. The predicted molar refractivity (Wildman–Crippen MR) is 131 cm³/mol. The number of anilines is 2. The third-order valence-corrected chi connectivity index (χ3v) is 5.72. The highest BCUT2D eigenvalue weighted by Gasteiger charge is 2.36. The number of hydrogen-bond donors (Lipinski definition) is 2. The number of nitro groups is 1. The molecular formula is C22H12Cl2N4O5S. The number of amides is 3. The van der Waals surface area contributed by atoms with E-state index in [4.69, 9.17) is 35.4 Å². The van der Waals surface area contributed by atoms with Crippen molar-refractivity contribution in [2.24, 2.45) is 0 Å². The fourth-order valence-corrected chi connectivity index (χ4v) is 3.98. The molecule has 4 rings (SSSR count). The van der Waals surface area contributed by atoms with Crippen molar-refractivity contribution in [3.8, 4) is 0 Å². The van der Waals surface area contributed by atoms with Crippen LogP contribution in [-0.4, -0.2) is 27.8 Å². The number of imide groups is 1. The van der Waals surface area contributed by atoms with Crippen molar-refractivity contribution in [1.82, 2.24) is 5.32 Å². The van der Waals surface area contributed by atoms with E-state index in [-0.39, 0.29) is 32.1 Å². The molecule has 0 fully saturated rings. The van der Waals surface area contributed by atoms with Crippen LogP contribution >= 0.6 is 35.4 Å². The summed E-state index contributed by atoms with van der Waals surface area (Å²) in [4.78, 5) is 48.9. The van der Waals surface area contributed by atoms with Gasteiger partial charge < -0.3 is 5.32 Å². The van der Waals surface area contributed by atoms with E-state index in [0.717, 1.165) is 17.0 Å². The van der Waals surface area contributed by atoms with Gasteiger partial charge in [0.15, 0.2) is 5.11 Å². The molecule has 9 nitrogen and oxygen atoms in total. The van der Waals surface area contributed by atoms with Gasteiger partial charge in [-0.15, -0.1) is 0 Å². The van der Waals surface area contributed by atoms with E-state index in [1.54, 1.807) is 24.3 Å². The molecule has 0 aliphatic carbocycles. The van der Waals surface area contributed by atoms with E-state index in [0.29, 0.717) is 16.8 Å². The molecule has 34 heavy (non-hydrogen) atoms. The maximum atomic E-state index is 12.7. The highest BCUT2D eigenvalue weighted by molar-refractivity contribution is 7.80. The molecule has 0 atom stereocenters. The SMILES string of the molecule is O=C(NC(=S)Nc1ccc(N2C(=O)c3ccccc3C2=O)cc1Cl)c1ccc([N+](=O)[O-])cc1Cl. The Labute approximate surface area is 207 Å². The normalized spacial score (nSPS) is 12.4. The molecule has 0 bridgehead atoms. The molecule has 2 N–H and O–H groups in total. The minimum atomic E-state index is -0.684. The van der Waals surface area contributed by atoms with E-state index in [9.17, 15) is 24.5 Å². The van der Waals surface area contributed by atoms with Crippen LogP contribution in [0.2, 0.25) is 10.0 Å². The van der Waals surface area contributed by atoms with Crippen LogP contribution in [0.1, 0.15) is 31.1 Å². The molecule has 0 spiro atoms. The summed E-state index contributed by atoms with van der Waals surface area (Å²) in [5, 5.41) is 15.9. The first-order valence-electron chi connectivity index (χ1n) is 9.51. The molecule has 0 radical (unpaired) electrons. The molecular weight excluding hydrogens is 503 g/mol. The Kier molecular flexibility index (Phi) is 6.29. The second-order valence-corrected chi connectivity index (χ2v) is 8.21. The average molecular weight is 515 g/mol. The van der Waals surface area contributed by atoms with Gasteiger partial charge in [0.1, 0.15) is 0 Å². The maximum absolute atomic E-state index is 12.7. The zero-order valence-corrected chi connectivity index (χ0v) is 19.2. The van der Waals surface area contributed by atoms with Crippen molar-refractivity contribution in [2.45, 2.75) is 0 Å². The maximum Gasteiger partial charge on any atom is 0.270 e. The highest BCUT2D eigenvalue weighted by Crippen LogP contribution is 2.33. The quantitative estimate of drug-likeness (QED) is 0.221. The van der Waals surface area contributed by atoms with Gasteiger partial charge in [0.2, 0.25) is 0 Å². The van der Waals surface area contributed by atoms with Crippen LogP contribution in [0, 0.1) is 10.1 Å². The number of nitrogens with one attached hydrogen (secondary N) is 2. The minimum absolute atomic E-state index is 0.0107. The molecule has 0 saturated carbocycles. The van der Waals surface area contributed by atoms with Gasteiger partial charge in [-0.1, -0.05) is 35.3 Å². The summed E-state index contributed by atoms with van der Waals surface area (Å²) in [6.45, 7) is 0. The Hall–Kier alpha value is -3.86. The van der Waals surface area contributed by atoms with Crippen molar-refractivity contribution in [3.05, 3.63) is 97.5 Å². The van der Waals surface area contributed by atoms with Crippen LogP contribution in [0.5, 0.6) is 0 Å². The van der Waals surface area contributed by atoms with Crippen molar-refractivity contribution in [3.63, 3.8) is 0 Å². The Bertz CT molecular complexity index is 1380. The van der Waals surface area contributed by atoms with Crippen LogP contribution < -0.4 is 15.5 Å². The van der Waals surface area contributed by atoms with E-state index >= 15 is 0 Å². The number of nitro benzene ring substituents is 1. The molecule has 1 aliphatic rings. The van der Waals surface area contributed by atoms with Gasteiger partial charge in [0, 0.05) is 12.1 Å². The summed E-state index contributed by atoms with van der Waals surface area (Å²) in [6, 6.07) is 14.3. The lowest BCUT2D eigenvalue weighted by molar-refractivity contribution is -0.384. The lowest BCUT2D eigenvalue weighted by atomic mass is 10.1. The smallest absolute Gasteiger partial charge is 0.270 e. The summed E-state index contributed by atoms with van der Waals surface area (Å²) in [7, 11) is 0. The van der Waals surface area contributed by atoms with Gasteiger partial charge in [0.05, 0.1) is 43.0 Å². The number of fused-ring (bicyclic) bond motifs is 1. The van der Waals surface area contributed by atoms with Gasteiger partial charge in [0.25, 0.3) is 23.4 Å². The Morgan fingerprint density at radius 2 is 1.59 bits per heavy atom. The fraction of sp³-hybridized carbons (Fsp3) is 0. The van der Waals surface area contributed by atoms with E-state index in [1.807, 2.05) is 0 Å². The second kappa shape index (κ2) is 9.18. The Balaban J connectivity index is 1.47. The summed E-state index contributed by atoms with van der Waals surface area (Å²) in [5.74, 6) is -1.60. The van der Waals surface area contributed by atoms with Crippen LogP contribution in [0.25, 0.3) is 0 Å². The molecule has 0 saturated heterocycles. The molecule has 12 heteroatoms. The first-order chi connectivity index (χ1) is 16.2. The number of nitrogens with zero attached hydrogens (tertiary/aromatic N) is 2. The summed E-state index contributed by atoms with van der Waals surface area (Å²) in [6.07, 6.45) is 0. The number of benzene rings is 3.